The van der Waals surface area contributed by atoms with Crippen molar-refractivity contribution >= 4 is 18.2 Å². The van der Waals surface area contributed by atoms with Crippen LogP contribution in [0.1, 0.15) is 48.0 Å². The number of carbonyl (C=O) groups excluding carboxylic acids is 2. The molecule has 3 aromatic rings. The van der Waals surface area contributed by atoms with Crippen molar-refractivity contribution in [2.45, 2.75) is 44.6 Å². The molecule has 12 heteroatoms. The van der Waals surface area contributed by atoms with Crippen LogP contribution in [0, 0.1) is 6.92 Å². The summed E-state index contributed by atoms with van der Waals surface area (Å²) in [6, 6.07) is 14.8. The summed E-state index contributed by atoms with van der Waals surface area (Å²) < 4.78 is 10.5. The molecule has 1 atom stereocenters. The van der Waals surface area contributed by atoms with E-state index in [-0.39, 0.29) is 32.0 Å². The molecule has 12 nitrogen and oxygen atoms in total. The van der Waals surface area contributed by atoms with Crippen molar-refractivity contribution in [3.8, 4) is 11.1 Å². The van der Waals surface area contributed by atoms with Crippen LogP contribution in [0.4, 0.5) is 9.59 Å². The fourth-order valence-corrected chi connectivity index (χ4v) is 4.39. The molecule has 0 fully saturated rings. The first-order chi connectivity index (χ1) is 18.9. The fourth-order valence-electron chi connectivity index (χ4n) is 4.39. The second kappa shape index (κ2) is 13.3. The Kier molecular flexibility index (Phi) is 9.33. The number of nitrogens with zero attached hydrogens (tertiary/aromatic N) is 4. The molecular formula is C27H30N6O6. The van der Waals surface area contributed by atoms with Crippen LogP contribution in [0.5, 0.6) is 0 Å². The average Bonchev–Trinajstić information content (AvgIpc) is 3.25. The minimum absolute atomic E-state index is 0.0728. The number of carbonyl (C=O) groups is 3. The average molecular weight is 535 g/mol. The fraction of sp³-hybridized carbons (Fsp3) is 0.370. The maximum absolute atomic E-state index is 12.4. The number of hydrogen-bond acceptors (Lipinski definition) is 9. The van der Waals surface area contributed by atoms with Crippen molar-refractivity contribution < 1.29 is 29.0 Å². The molecule has 0 spiro atoms. The molecule has 0 aliphatic heterocycles. The van der Waals surface area contributed by atoms with Crippen LogP contribution in [-0.2, 0) is 20.7 Å². The van der Waals surface area contributed by atoms with Crippen molar-refractivity contribution in [1.29, 1.82) is 0 Å². The smallest absolute Gasteiger partial charge is 0.407 e. The molecule has 4 rings (SSSR count). The van der Waals surface area contributed by atoms with Crippen molar-refractivity contribution in [3.05, 3.63) is 71.3 Å². The molecule has 2 aromatic carbocycles. The van der Waals surface area contributed by atoms with E-state index in [4.69, 9.17) is 9.47 Å². The zero-order chi connectivity index (χ0) is 27.6. The third-order valence-electron chi connectivity index (χ3n) is 6.30. The molecule has 204 valence electrons. The molecule has 0 radical (unpaired) electrons. The van der Waals surface area contributed by atoms with Crippen LogP contribution in [-0.4, -0.2) is 69.5 Å². The molecule has 39 heavy (non-hydrogen) atoms. The van der Waals surface area contributed by atoms with E-state index in [1.54, 1.807) is 6.92 Å². The molecule has 3 N–H and O–H groups in total. The SMILES string of the molecule is Cc1nnc(CCOC(=O)NCCCCC(NC(=O)OCC2c3ccccc3-c3ccccc32)C(=O)O)nn1. The number of fused-ring (bicyclic) bond motifs is 3. The van der Waals surface area contributed by atoms with Crippen molar-refractivity contribution in [2.75, 3.05) is 19.8 Å². The Bertz CT molecular complexity index is 1260. The second-order valence-electron chi connectivity index (χ2n) is 9.03. The molecule has 1 aliphatic rings. The second-order valence-corrected chi connectivity index (χ2v) is 9.03. The van der Waals surface area contributed by atoms with Gasteiger partial charge in [0.25, 0.3) is 0 Å². The Balaban J connectivity index is 1.14. The number of aliphatic carboxylic acids is 1. The van der Waals surface area contributed by atoms with Crippen molar-refractivity contribution in [1.82, 2.24) is 31.0 Å². The van der Waals surface area contributed by atoms with E-state index in [1.807, 2.05) is 48.5 Å². The number of benzene rings is 2. The number of aryl methyl sites for hydroxylation is 1. The molecule has 2 amide bonds. The first-order valence-corrected chi connectivity index (χ1v) is 12.7. The number of aromatic nitrogens is 4. The minimum atomic E-state index is -1.15. The van der Waals surface area contributed by atoms with Gasteiger partial charge >= 0.3 is 18.2 Å². The summed E-state index contributed by atoms with van der Waals surface area (Å²) in [6.07, 6.45) is 0.0371. The van der Waals surface area contributed by atoms with Gasteiger partial charge in [0.1, 0.15) is 19.3 Å². The monoisotopic (exact) mass is 534 g/mol. The summed E-state index contributed by atoms with van der Waals surface area (Å²) in [6.45, 7) is 2.13. The summed E-state index contributed by atoms with van der Waals surface area (Å²) in [5.74, 6) is -0.443. The lowest BCUT2D eigenvalue weighted by atomic mass is 9.98. The molecule has 0 bridgehead atoms. The van der Waals surface area contributed by atoms with Gasteiger partial charge in [-0.15, -0.1) is 20.4 Å². The molecule has 1 unspecified atom stereocenters. The Labute approximate surface area is 225 Å². The number of ether oxygens (including phenoxy) is 2. The van der Waals surface area contributed by atoms with Crippen LogP contribution in [0.2, 0.25) is 0 Å². The first-order valence-electron chi connectivity index (χ1n) is 12.7. The molecule has 0 saturated carbocycles. The zero-order valence-electron chi connectivity index (χ0n) is 21.5. The van der Waals surface area contributed by atoms with Crippen molar-refractivity contribution in [2.24, 2.45) is 0 Å². The van der Waals surface area contributed by atoms with E-state index in [0.29, 0.717) is 31.0 Å². The highest BCUT2D eigenvalue weighted by molar-refractivity contribution is 5.81. The first kappa shape index (κ1) is 27.4. The Morgan fingerprint density at radius 1 is 0.897 bits per heavy atom. The van der Waals surface area contributed by atoms with Crippen molar-refractivity contribution in [3.63, 3.8) is 0 Å². The zero-order valence-corrected chi connectivity index (χ0v) is 21.5. The molecule has 1 aromatic heterocycles. The highest BCUT2D eigenvalue weighted by Crippen LogP contribution is 2.44. The van der Waals surface area contributed by atoms with Crippen LogP contribution >= 0.6 is 0 Å². The lowest BCUT2D eigenvalue weighted by molar-refractivity contribution is -0.139. The molecule has 0 saturated heterocycles. The number of rotatable bonds is 12. The summed E-state index contributed by atoms with van der Waals surface area (Å²) in [7, 11) is 0. The lowest BCUT2D eigenvalue weighted by Gasteiger charge is -2.17. The summed E-state index contributed by atoms with van der Waals surface area (Å²) in [5, 5.41) is 29.8. The Morgan fingerprint density at radius 2 is 1.54 bits per heavy atom. The number of alkyl carbamates (subject to hydrolysis) is 2. The van der Waals surface area contributed by atoms with E-state index in [9.17, 15) is 19.5 Å². The van der Waals surface area contributed by atoms with E-state index >= 15 is 0 Å². The van der Waals surface area contributed by atoms with Crippen LogP contribution in [0.25, 0.3) is 11.1 Å². The van der Waals surface area contributed by atoms with Crippen LogP contribution in [0.15, 0.2) is 48.5 Å². The Hall–Kier alpha value is -4.61. The largest absolute Gasteiger partial charge is 0.480 e. The number of amides is 2. The topological polar surface area (TPSA) is 166 Å². The number of hydrogen-bond donors (Lipinski definition) is 3. The maximum Gasteiger partial charge on any atom is 0.407 e. The van der Waals surface area contributed by atoms with E-state index in [2.05, 4.69) is 31.0 Å². The third kappa shape index (κ3) is 7.46. The van der Waals surface area contributed by atoms with Gasteiger partial charge in [-0.3, -0.25) is 0 Å². The summed E-state index contributed by atoms with van der Waals surface area (Å²) in [5.41, 5.74) is 4.37. The predicted octanol–water partition coefficient (Wildman–Crippen LogP) is 3.01. The van der Waals surface area contributed by atoms with E-state index in [1.165, 1.54) is 0 Å². The van der Waals surface area contributed by atoms with Gasteiger partial charge in [0.05, 0.1) is 0 Å². The van der Waals surface area contributed by atoms with Gasteiger partial charge in [0.2, 0.25) is 0 Å². The number of carboxylic acid groups (broad SMARTS) is 1. The quantitative estimate of drug-likeness (QED) is 0.294. The van der Waals surface area contributed by atoms with Gasteiger partial charge in [-0.25, -0.2) is 14.4 Å². The van der Waals surface area contributed by atoms with E-state index in [0.717, 1.165) is 22.3 Å². The number of carboxylic acids is 1. The van der Waals surface area contributed by atoms with Gasteiger partial charge < -0.3 is 25.2 Å². The predicted molar refractivity (Wildman–Crippen MR) is 139 cm³/mol. The standard InChI is InChI=1S/C27H30N6O6/c1-17-30-32-24(33-31-17)13-15-38-26(36)28-14-7-6-12-23(25(34)35)29-27(37)39-16-22-20-10-4-2-8-18(20)19-9-3-5-11-21(19)22/h2-5,8-11,22-23H,6-7,12-16H2,1H3,(H,28,36)(H,29,37)(H,34,35). The minimum Gasteiger partial charge on any atom is -0.480 e. The van der Waals surface area contributed by atoms with Gasteiger partial charge in [-0.2, -0.15) is 0 Å². The van der Waals surface area contributed by atoms with Crippen LogP contribution < -0.4 is 10.6 Å². The number of unbranched alkanes of at least 4 members (excludes halogenated alkanes) is 1. The highest BCUT2D eigenvalue weighted by Gasteiger charge is 2.29. The summed E-state index contributed by atoms with van der Waals surface area (Å²) in [4.78, 5) is 35.9. The molecule has 1 heterocycles. The van der Waals surface area contributed by atoms with Gasteiger partial charge in [0.15, 0.2) is 11.6 Å². The molecule has 1 aliphatic carbocycles. The van der Waals surface area contributed by atoms with Gasteiger partial charge in [-0.1, -0.05) is 48.5 Å². The van der Waals surface area contributed by atoms with Crippen LogP contribution in [0.3, 0.4) is 0 Å². The highest BCUT2D eigenvalue weighted by atomic mass is 16.6. The lowest BCUT2D eigenvalue weighted by Crippen LogP contribution is -2.41. The maximum atomic E-state index is 12.4. The normalized spacial score (nSPS) is 12.6. The summed E-state index contributed by atoms with van der Waals surface area (Å²) >= 11 is 0. The van der Waals surface area contributed by atoms with Gasteiger partial charge in [-0.05, 0) is 48.4 Å². The molecular weight excluding hydrogens is 504 g/mol. The van der Waals surface area contributed by atoms with Gasteiger partial charge in [0, 0.05) is 18.9 Å². The Morgan fingerprint density at radius 3 is 2.18 bits per heavy atom. The van der Waals surface area contributed by atoms with E-state index < -0.39 is 24.2 Å². The third-order valence-corrected chi connectivity index (χ3v) is 6.30. The number of nitrogens with one attached hydrogen (secondary N) is 2.